The Morgan fingerprint density at radius 1 is 1.40 bits per heavy atom. The summed E-state index contributed by atoms with van der Waals surface area (Å²) < 4.78 is 3.14. The molecule has 5 heteroatoms. The van der Waals surface area contributed by atoms with Crippen molar-refractivity contribution < 1.29 is 0 Å². The maximum atomic E-state index is 6.38. The van der Waals surface area contributed by atoms with Gasteiger partial charge in [-0.05, 0) is 53.4 Å². The van der Waals surface area contributed by atoms with E-state index in [4.69, 9.17) is 5.73 Å². The van der Waals surface area contributed by atoms with Crippen LogP contribution in [0.4, 0.5) is 0 Å². The molecule has 2 aromatic heterocycles. The van der Waals surface area contributed by atoms with Gasteiger partial charge in [-0.1, -0.05) is 6.92 Å². The number of hydrogen-bond donors (Lipinski definition) is 1. The summed E-state index contributed by atoms with van der Waals surface area (Å²) in [5, 5.41) is 4.62. The minimum Gasteiger partial charge on any atom is -0.324 e. The lowest BCUT2D eigenvalue weighted by Gasteiger charge is -2.15. The maximum absolute atomic E-state index is 6.38. The van der Waals surface area contributed by atoms with Gasteiger partial charge in [-0.3, -0.25) is 9.67 Å². The highest BCUT2D eigenvalue weighted by atomic mass is 79.9. The van der Waals surface area contributed by atoms with Crippen LogP contribution in [0, 0.1) is 6.92 Å². The molecule has 0 aliphatic rings. The number of hydrogen-bond acceptors (Lipinski definition) is 3. The molecule has 20 heavy (non-hydrogen) atoms. The van der Waals surface area contributed by atoms with Crippen molar-refractivity contribution in [1.82, 2.24) is 14.8 Å². The molecule has 0 saturated heterocycles. The summed E-state index contributed by atoms with van der Waals surface area (Å²) in [6.45, 7) is 7.12. The number of halogens is 1. The quantitative estimate of drug-likeness (QED) is 0.912. The molecule has 0 radical (unpaired) electrons. The number of pyridine rings is 1. The van der Waals surface area contributed by atoms with Crippen molar-refractivity contribution in [2.75, 3.05) is 0 Å². The first-order valence-electron chi connectivity index (χ1n) is 6.98. The van der Waals surface area contributed by atoms with Crippen LogP contribution in [-0.2, 0) is 19.4 Å². The molecular formula is C15H21BrN4. The Morgan fingerprint density at radius 3 is 2.75 bits per heavy atom. The molecule has 1 unspecified atom stereocenters. The van der Waals surface area contributed by atoms with Crippen LogP contribution in [0.1, 0.15) is 42.4 Å². The van der Waals surface area contributed by atoms with Crippen molar-refractivity contribution in [3.8, 4) is 0 Å². The van der Waals surface area contributed by atoms with Gasteiger partial charge in [0, 0.05) is 31.4 Å². The maximum Gasteiger partial charge on any atom is 0.0766 e. The van der Waals surface area contributed by atoms with Gasteiger partial charge in [-0.15, -0.1) is 0 Å². The van der Waals surface area contributed by atoms with Gasteiger partial charge < -0.3 is 5.73 Å². The number of nitrogens with two attached hydrogens (primary N) is 1. The van der Waals surface area contributed by atoms with Crippen LogP contribution in [0.25, 0.3) is 0 Å². The predicted molar refractivity (Wildman–Crippen MR) is 84.6 cm³/mol. The number of rotatable bonds is 5. The minimum atomic E-state index is -0.0407. The number of aromatic nitrogens is 3. The van der Waals surface area contributed by atoms with E-state index in [9.17, 15) is 0 Å². The number of aryl methyl sites for hydroxylation is 3. The highest BCUT2D eigenvalue weighted by molar-refractivity contribution is 9.10. The summed E-state index contributed by atoms with van der Waals surface area (Å²) in [6, 6.07) is 1.96. The zero-order chi connectivity index (χ0) is 14.7. The third kappa shape index (κ3) is 2.94. The highest BCUT2D eigenvalue weighted by Gasteiger charge is 2.18. The van der Waals surface area contributed by atoms with Crippen molar-refractivity contribution >= 4 is 15.9 Å². The van der Waals surface area contributed by atoms with E-state index in [1.807, 2.05) is 23.9 Å². The summed E-state index contributed by atoms with van der Waals surface area (Å²) in [5.41, 5.74) is 10.9. The molecular weight excluding hydrogens is 316 g/mol. The molecule has 0 aliphatic carbocycles. The smallest absolute Gasteiger partial charge is 0.0766 e. The molecule has 0 amide bonds. The van der Waals surface area contributed by atoms with Gasteiger partial charge >= 0.3 is 0 Å². The van der Waals surface area contributed by atoms with Gasteiger partial charge in [0.2, 0.25) is 0 Å². The van der Waals surface area contributed by atoms with Crippen LogP contribution in [0.5, 0.6) is 0 Å². The lowest BCUT2D eigenvalue weighted by Crippen LogP contribution is -2.17. The van der Waals surface area contributed by atoms with Crippen molar-refractivity contribution in [2.24, 2.45) is 5.73 Å². The summed E-state index contributed by atoms with van der Waals surface area (Å²) >= 11 is 3.67. The Balaban J connectivity index is 2.30. The normalized spacial score (nSPS) is 12.7. The molecule has 0 aromatic carbocycles. The van der Waals surface area contributed by atoms with E-state index in [2.05, 4.69) is 39.9 Å². The fourth-order valence-corrected chi connectivity index (χ4v) is 3.16. The van der Waals surface area contributed by atoms with Gasteiger partial charge in [-0.25, -0.2) is 0 Å². The van der Waals surface area contributed by atoms with Crippen LogP contribution in [-0.4, -0.2) is 14.8 Å². The average molecular weight is 337 g/mol. The summed E-state index contributed by atoms with van der Waals surface area (Å²) in [7, 11) is 0. The number of nitrogens with zero attached hydrogens (tertiary/aromatic N) is 3. The first-order chi connectivity index (χ1) is 9.58. The Kier molecular flexibility index (Phi) is 4.94. The summed E-state index contributed by atoms with van der Waals surface area (Å²) in [5.74, 6) is 0. The Morgan fingerprint density at radius 2 is 2.15 bits per heavy atom. The fraction of sp³-hybridized carbons (Fsp3) is 0.467. The molecule has 0 spiro atoms. The van der Waals surface area contributed by atoms with Crippen molar-refractivity contribution in [2.45, 2.75) is 46.2 Å². The minimum absolute atomic E-state index is 0.0407. The molecule has 2 heterocycles. The third-order valence-electron chi connectivity index (χ3n) is 3.57. The first kappa shape index (κ1) is 15.2. The molecule has 2 aromatic rings. The Hall–Kier alpha value is -1.20. The zero-order valence-corrected chi connectivity index (χ0v) is 13.8. The largest absolute Gasteiger partial charge is 0.324 e. The molecule has 0 fully saturated rings. The van der Waals surface area contributed by atoms with Crippen LogP contribution in [0.15, 0.2) is 22.9 Å². The monoisotopic (exact) mass is 336 g/mol. The van der Waals surface area contributed by atoms with Crippen LogP contribution < -0.4 is 5.73 Å². The molecule has 2 N–H and O–H groups in total. The summed E-state index contributed by atoms with van der Waals surface area (Å²) in [4.78, 5) is 4.12. The molecule has 108 valence electrons. The van der Waals surface area contributed by atoms with Gasteiger partial charge in [0.25, 0.3) is 0 Å². The van der Waals surface area contributed by atoms with Crippen LogP contribution >= 0.6 is 15.9 Å². The second-order valence-corrected chi connectivity index (χ2v) is 5.71. The molecule has 0 saturated carbocycles. The van der Waals surface area contributed by atoms with E-state index in [1.165, 1.54) is 5.69 Å². The standard InChI is InChI=1S/C15H21BrN4/c1-4-13-15(16)14(20(5-2)19-13)8-12(17)11-6-7-18-9-10(11)3/h6-7,9,12H,4-5,8,17H2,1-3H3. The van der Waals surface area contributed by atoms with Gasteiger partial charge in [0.05, 0.1) is 15.9 Å². The van der Waals surface area contributed by atoms with Gasteiger partial charge in [0.15, 0.2) is 0 Å². The second kappa shape index (κ2) is 6.50. The fourth-order valence-electron chi connectivity index (χ4n) is 2.43. The Labute approximate surface area is 128 Å². The molecule has 4 nitrogen and oxygen atoms in total. The lowest BCUT2D eigenvalue weighted by molar-refractivity contribution is 0.583. The van der Waals surface area contributed by atoms with E-state index in [-0.39, 0.29) is 6.04 Å². The third-order valence-corrected chi connectivity index (χ3v) is 4.49. The predicted octanol–water partition coefficient (Wildman–Crippen LogP) is 3.17. The first-order valence-corrected chi connectivity index (χ1v) is 7.77. The molecule has 2 rings (SSSR count). The van der Waals surface area contributed by atoms with Crippen molar-refractivity contribution in [3.05, 3.63) is 45.4 Å². The van der Waals surface area contributed by atoms with Gasteiger partial charge in [0.1, 0.15) is 0 Å². The van der Waals surface area contributed by atoms with Crippen LogP contribution in [0.3, 0.4) is 0 Å². The van der Waals surface area contributed by atoms with Crippen molar-refractivity contribution in [3.63, 3.8) is 0 Å². The van der Waals surface area contributed by atoms with E-state index >= 15 is 0 Å². The lowest BCUT2D eigenvalue weighted by atomic mass is 10.00. The van der Waals surface area contributed by atoms with E-state index in [0.717, 1.165) is 40.7 Å². The van der Waals surface area contributed by atoms with Gasteiger partial charge in [-0.2, -0.15) is 5.10 Å². The SMILES string of the molecule is CCc1nn(CC)c(CC(N)c2ccncc2C)c1Br. The van der Waals surface area contributed by atoms with E-state index < -0.39 is 0 Å². The molecule has 0 bridgehead atoms. The molecule has 0 aliphatic heterocycles. The molecule has 1 atom stereocenters. The van der Waals surface area contributed by atoms with E-state index in [0.29, 0.717) is 0 Å². The average Bonchev–Trinajstić information content (AvgIpc) is 2.75. The van der Waals surface area contributed by atoms with Crippen molar-refractivity contribution in [1.29, 1.82) is 0 Å². The van der Waals surface area contributed by atoms with Crippen LogP contribution in [0.2, 0.25) is 0 Å². The summed E-state index contributed by atoms with van der Waals surface area (Å²) in [6.07, 6.45) is 5.35. The van der Waals surface area contributed by atoms with E-state index in [1.54, 1.807) is 6.20 Å². The highest BCUT2D eigenvalue weighted by Crippen LogP contribution is 2.27. The zero-order valence-electron chi connectivity index (χ0n) is 12.2. The topological polar surface area (TPSA) is 56.7 Å². The second-order valence-electron chi connectivity index (χ2n) is 4.92. The Bertz CT molecular complexity index is 592.